The molecule has 0 fully saturated rings. The number of nitrogens with zero attached hydrogens (tertiary/aromatic N) is 2. The van der Waals surface area contributed by atoms with E-state index in [1.807, 2.05) is 20.8 Å². The zero-order valence-electron chi connectivity index (χ0n) is 16.1. The van der Waals surface area contributed by atoms with Crippen molar-refractivity contribution in [1.82, 2.24) is 19.9 Å². The fourth-order valence-corrected chi connectivity index (χ4v) is 3.45. The van der Waals surface area contributed by atoms with Gasteiger partial charge in [0.05, 0.1) is 16.9 Å². The Bertz CT molecular complexity index is 1280. The Morgan fingerprint density at radius 2 is 1.90 bits per heavy atom. The minimum absolute atomic E-state index is 0.0294. The molecule has 0 aliphatic rings. The highest BCUT2D eigenvalue weighted by atomic mass is 35.5. The number of nitrogens with one attached hydrogen (secondary N) is 3. The number of hydrogen-bond donors (Lipinski definition) is 3. The molecule has 4 rings (SSSR count). The van der Waals surface area contributed by atoms with Gasteiger partial charge in [0.2, 0.25) is 0 Å². The maximum atomic E-state index is 14.4. The lowest BCUT2D eigenvalue weighted by atomic mass is 10.0. The lowest BCUT2D eigenvalue weighted by Crippen LogP contribution is -2.15. The number of hydrogen-bond acceptors (Lipinski definition) is 4. The number of benzene rings is 1. The number of aromatic amines is 2. The van der Waals surface area contributed by atoms with Crippen LogP contribution in [0.3, 0.4) is 0 Å². The van der Waals surface area contributed by atoms with Crippen LogP contribution in [0, 0.1) is 12.7 Å². The van der Waals surface area contributed by atoms with Gasteiger partial charge in [-0.3, -0.25) is 4.79 Å². The molecule has 0 saturated carbocycles. The van der Waals surface area contributed by atoms with Gasteiger partial charge in [0.1, 0.15) is 17.2 Å². The van der Waals surface area contributed by atoms with Crippen LogP contribution < -0.4 is 10.9 Å². The fourth-order valence-electron chi connectivity index (χ4n) is 3.28. The van der Waals surface area contributed by atoms with Crippen LogP contribution in [0.15, 0.2) is 41.3 Å². The number of H-pyrrole nitrogens is 2. The van der Waals surface area contributed by atoms with E-state index < -0.39 is 5.82 Å². The van der Waals surface area contributed by atoms with Crippen molar-refractivity contribution in [2.45, 2.75) is 26.7 Å². The van der Waals surface area contributed by atoms with Crippen LogP contribution in [0.5, 0.6) is 0 Å². The quantitative estimate of drug-likeness (QED) is 0.426. The van der Waals surface area contributed by atoms with Gasteiger partial charge in [0, 0.05) is 22.5 Å². The van der Waals surface area contributed by atoms with Gasteiger partial charge in [-0.25, -0.2) is 14.4 Å². The van der Waals surface area contributed by atoms with Crippen LogP contribution in [0.2, 0.25) is 5.02 Å². The van der Waals surface area contributed by atoms with Gasteiger partial charge in [-0.2, -0.15) is 0 Å². The maximum Gasteiger partial charge on any atom is 0.256 e. The SMILES string of the molecule is Cc1nc2c(Nc3cc(-c4cc(Cl)ccc4F)c(=O)[nH]c3C(C)C)ccnc2[nH]1. The van der Waals surface area contributed by atoms with Crippen molar-refractivity contribution in [2.75, 3.05) is 5.32 Å². The smallest absolute Gasteiger partial charge is 0.256 e. The van der Waals surface area contributed by atoms with Crippen LogP contribution in [0.1, 0.15) is 31.3 Å². The van der Waals surface area contributed by atoms with Gasteiger partial charge in [-0.05, 0) is 43.2 Å². The van der Waals surface area contributed by atoms with Gasteiger partial charge in [-0.1, -0.05) is 25.4 Å². The van der Waals surface area contributed by atoms with Gasteiger partial charge >= 0.3 is 0 Å². The first-order valence-corrected chi connectivity index (χ1v) is 9.52. The number of anilines is 2. The molecule has 0 aliphatic heterocycles. The minimum atomic E-state index is -0.516. The number of rotatable bonds is 4. The standard InChI is InChI=1S/C21H19ClFN5O/c1-10(2)18-17(27-16-6-7-24-20-19(16)25-11(3)26-20)9-14(21(29)28-18)13-8-12(22)4-5-15(13)23/h4-10H,1-3H3,(H,28,29)(H2,24,25,26,27). The second kappa shape index (κ2) is 7.33. The van der Waals surface area contributed by atoms with Crippen LogP contribution >= 0.6 is 11.6 Å². The summed E-state index contributed by atoms with van der Waals surface area (Å²) in [6, 6.07) is 7.59. The molecule has 3 N–H and O–H groups in total. The van der Waals surface area contributed by atoms with E-state index in [9.17, 15) is 9.18 Å². The molecule has 6 nitrogen and oxygen atoms in total. The van der Waals surface area contributed by atoms with Crippen LogP contribution in [-0.4, -0.2) is 19.9 Å². The first kappa shape index (κ1) is 19.1. The Morgan fingerprint density at radius 3 is 2.66 bits per heavy atom. The molecule has 0 spiro atoms. The summed E-state index contributed by atoms with van der Waals surface area (Å²) in [5.74, 6) is 0.257. The molecule has 29 heavy (non-hydrogen) atoms. The summed E-state index contributed by atoms with van der Waals surface area (Å²) in [6.45, 7) is 5.79. The molecule has 0 amide bonds. The minimum Gasteiger partial charge on any atom is -0.352 e. The summed E-state index contributed by atoms with van der Waals surface area (Å²) >= 11 is 6.02. The third kappa shape index (κ3) is 3.61. The van der Waals surface area contributed by atoms with E-state index in [-0.39, 0.29) is 22.6 Å². The highest BCUT2D eigenvalue weighted by molar-refractivity contribution is 6.30. The molecule has 0 saturated heterocycles. The highest BCUT2D eigenvalue weighted by Gasteiger charge is 2.17. The third-order valence-electron chi connectivity index (χ3n) is 4.64. The van der Waals surface area contributed by atoms with Crippen molar-refractivity contribution in [1.29, 1.82) is 0 Å². The van der Waals surface area contributed by atoms with Crippen molar-refractivity contribution < 1.29 is 4.39 Å². The van der Waals surface area contributed by atoms with Crippen molar-refractivity contribution in [3.63, 3.8) is 0 Å². The monoisotopic (exact) mass is 411 g/mol. The Hall–Kier alpha value is -3.19. The Morgan fingerprint density at radius 1 is 1.10 bits per heavy atom. The summed E-state index contributed by atoms with van der Waals surface area (Å²) in [6.07, 6.45) is 1.67. The summed E-state index contributed by atoms with van der Waals surface area (Å²) in [5.41, 5.74) is 3.39. The molecule has 148 valence electrons. The van der Waals surface area contributed by atoms with Crippen molar-refractivity contribution in [2.24, 2.45) is 0 Å². The molecule has 1 aromatic carbocycles. The fraction of sp³-hybridized carbons (Fsp3) is 0.190. The molecule has 0 bridgehead atoms. The summed E-state index contributed by atoms with van der Waals surface area (Å²) in [4.78, 5) is 27.5. The first-order chi connectivity index (χ1) is 13.8. The summed E-state index contributed by atoms with van der Waals surface area (Å²) in [5, 5.41) is 3.69. The normalized spacial score (nSPS) is 11.4. The number of imidazole rings is 1. The van der Waals surface area contributed by atoms with E-state index in [0.29, 0.717) is 27.6 Å². The van der Waals surface area contributed by atoms with E-state index in [1.165, 1.54) is 18.2 Å². The van der Waals surface area contributed by atoms with E-state index in [2.05, 4.69) is 25.3 Å². The first-order valence-electron chi connectivity index (χ1n) is 9.14. The second-order valence-electron chi connectivity index (χ2n) is 7.12. The summed E-state index contributed by atoms with van der Waals surface area (Å²) < 4.78 is 14.4. The predicted octanol–water partition coefficient (Wildman–Crippen LogP) is 5.28. The van der Waals surface area contributed by atoms with Crippen molar-refractivity contribution >= 4 is 34.1 Å². The Labute approximate surface area is 171 Å². The summed E-state index contributed by atoms with van der Waals surface area (Å²) in [7, 11) is 0. The van der Waals surface area contributed by atoms with Crippen molar-refractivity contribution in [3.8, 4) is 11.1 Å². The van der Waals surface area contributed by atoms with E-state index in [1.54, 1.807) is 18.3 Å². The lowest BCUT2D eigenvalue weighted by molar-refractivity contribution is 0.631. The predicted molar refractivity (Wildman–Crippen MR) is 113 cm³/mol. The van der Waals surface area contributed by atoms with Crippen LogP contribution in [0.4, 0.5) is 15.8 Å². The largest absolute Gasteiger partial charge is 0.352 e. The maximum absolute atomic E-state index is 14.4. The number of aromatic nitrogens is 4. The molecule has 3 aromatic heterocycles. The average Bonchev–Trinajstić information content (AvgIpc) is 3.06. The van der Waals surface area contributed by atoms with E-state index in [4.69, 9.17) is 11.6 Å². The molecule has 4 aromatic rings. The van der Waals surface area contributed by atoms with E-state index in [0.717, 1.165) is 11.5 Å². The molecular weight excluding hydrogens is 393 g/mol. The topological polar surface area (TPSA) is 86.5 Å². The molecule has 0 radical (unpaired) electrons. The average molecular weight is 412 g/mol. The van der Waals surface area contributed by atoms with Crippen molar-refractivity contribution in [3.05, 3.63) is 69.2 Å². The zero-order valence-corrected chi connectivity index (χ0v) is 16.9. The van der Waals surface area contributed by atoms with E-state index >= 15 is 0 Å². The van der Waals surface area contributed by atoms with Gasteiger partial charge in [0.15, 0.2) is 5.65 Å². The van der Waals surface area contributed by atoms with Gasteiger partial charge in [0.25, 0.3) is 5.56 Å². The lowest BCUT2D eigenvalue weighted by Gasteiger charge is -2.16. The molecule has 0 unspecified atom stereocenters. The van der Waals surface area contributed by atoms with Gasteiger partial charge < -0.3 is 15.3 Å². The number of halogens is 2. The van der Waals surface area contributed by atoms with Crippen LogP contribution in [-0.2, 0) is 0 Å². The molecule has 3 heterocycles. The Kier molecular flexibility index (Phi) is 4.84. The highest BCUT2D eigenvalue weighted by Crippen LogP contribution is 2.32. The van der Waals surface area contributed by atoms with Crippen LogP contribution in [0.25, 0.3) is 22.3 Å². The number of pyridine rings is 2. The molecule has 8 heteroatoms. The number of aryl methyl sites for hydroxylation is 1. The second-order valence-corrected chi connectivity index (χ2v) is 7.56. The third-order valence-corrected chi connectivity index (χ3v) is 4.88. The number of fused-ring (bicyclic) bond motifs is 1. The Balaban J connectivity index is 1.89. The van der Waals surface area contributed by atoms with Gasteiger partial charge in [-0.15, -0.1) is 0 Å². The zero-order chi connectivity index (χ0) is 20.7. The molecule has 0 aliphatic carbocycles. The molecular formula is C21H19ClFN5O. The molecule has 0 atom stereocenters.